The maximum absolute atomic E-state index is 9.72. The molecule has 1 atom stereocenters. The number of rotatable bonds is 3. The van der Waals surface area contributed by atoms with Crippen molar-refractivity contribution >= 4 is 54.4 Å². The topological polar surface area (TPSA) is 45.4 Å². The number of thiophene rings is 1. The first-order valence-electron chi connectivity index (χ1n) is 8.86. The van der Waals surface area contributed by atoms with Gasteiger partial charge in [-0.1, -0.05) is 36.7 Å². The fourth-order valence-electron chi connectivity index (χ4n) is 3.54. The van der Waals surface area contributed by atoms with Crippen LogP contribution < -0.4 is 4.74 Å². The van der Waals surface area contributed by atoms with Gasteiger partial charge in [-0.05, 0) is 64.2 Å². The molecule has 6 heteroatoms. The number of ether oxygens (including phenoxy) is 1. The molecule has 2 aromatic rings. The van der Waals surface area contributed by atoms with Gasteiger partial charge in [-0.2, -0.15) is 5.26 Å². The summed E-state index contributed by atoms with van der Waals surface area (Å²) in [4.78, 5) is 6.01. The molecular weight excluding hydrogens is 488 g/mol. The normalized spacial score (nSPS) is 17.0. The van der Waals surface area contributed by atoms with Gasteiger partial charge in [0.1, 0.15) is 16.8 Å². The van der Waals surface area contributed by atoms with Crippen LogP contribution in [0.25, 0.3) is 0 Å². The molecule has 1 aliphatic rings. The Kier molecular flexibility index (Phi) is 6.14. The van der Waals surface area contributed by atoms with Gasteiger partial charge in [0, 0.05) is 21.1 Å². The van der Waals surface area contributed by atoms with Gasteiger partial charge in [-0.3, -0.25) is 0 Å². The molecule has 0 aliphatic heterocycles. The molecule has 0 N–H and O–H groups in total. The van der Waals surface area contributed by atoms with E-state index in [-0.39, 0.29) is 5.41 Å². The predicted molar refractivity (Wildman–Crippen MR) is 120 cm³/mol. The van der Waals surface area contributed by atoms with Gasteiger partial charge in [0.05, 0.1) is 17.1 Å². The molecule has 0 unspecified atom stereocenters. The standard InChI is InChI=1S/C21H22Br2N2OS/c1-21(2,3)13-5-6-15-16(10-24)20(27-18(15)8-13)25-11-12-7-14(22)9-17(23)19(12)26-4/h7,9,11,13H,5-6,8H2,1-4H3/t13-/m1/s1. The van der Waals surface area contributed by atoms with Gasteiger partial charge >= 0.3 is 0 Å². The molecule has 0 amide bonds. The van der Waals surface area contributed by atoms with Crippen molar-refractivity contribution in [1.82, 2.24) is 0 Å². The van der Waals surface area contributed by atoms with Gasteiger partial charge in [-0.15, -0.1) is 11.3 Å². The van der Waals surface area contributed by atoms with E-state index in [0.717, 1.165) is 50.1 Å². The van der Waals surface area contributed by atoms with E-state index in [1.54, 1.807) is 24.7 Å². The first-order valence-corrected chi connectivity index (χ1v) is 11.3. The van der Waals surface area contributed by atoms with E-state index in [0.29, 0.717) is 5.92 Å². The fourth-order valence-corrected chi connectivity index (χ4v) is 6.18. The lowest BCUT2D eigenvalue weighted by Crippen LogP contribution is -2.26. The second kappa shape index (κ2) is 8.06. The van der Waals surface area contributed by atoms with E-state index in [9.17, 15) is 5.26 Å². The Morgan fingerprint density at radius 3 is 2.70 bits per heavy atom. The van der Waals surface area contributed by atoms with E-state index < -0.39 is 0 Å². The number of methoxy groups -OCH3 is 1. The molecule has 1 aromatic heterocycles. The summed E-state index contributed by atoms with van der Waals surface area (Å²) in [5, 5.41) is 10.5. The SMILES string of the molecule is COc1c(Br)cc(Br)cc1C=Nc1sc2c(c1C#N)CC[C@@H](C(C)(C)C)C2. The Labute approximate surface area is 181 Å². The highest BCUT2D eigenvalue weighted by Gasteiger charge is 2.32. The molecule has 0 fully saturated rings. The summed E-state index contributed by atoms with van der Waals surface area (Å²) >= 11 is 8.69. The third kappa shape index (κ3) is 4.31. The van der Waals surface area contributed by atoms with Crippen LogP contribution in [-0.2, 0) is 12.8 Å². The van der Waals surface area contributed by atoms with Gasteiger partial charge in [0.2, 0.25) is 0 Å². The molecule has 27 heavy (non-hydrogen) atoms. The van der Waals surface area contributed by atoms with Crippen LogP contribution in [0.15, 0.2) is 26.1 Å². The molecule has 3 rings (SSSR count). The summed E-state index contributed by atoms with van der Waals surface area (Å²) in [6.07, 6.45) is 4.93. The van der Waals surface area contributed by atoms with Crippen molar-refractivity contribution in [3.8, 4) is 11.8 Å². The van der Waals surface area contributed by atoms with Gasteiger partial charge in [0.15, 0.2) is 0 Å². The fraction of sp³-hybridized carbons (Fsp3) is 0.429. The highest BCUT2D eigenvalue weighted by atomic mass is 79.9. The number of nitrogens with zero attached hydrogens (tertiary/aromatic N) is 2. The predicted octanol–water partition coefficient (Wildman–Crippen LogP) is 7.05. The van der Waals surface area contributed by atoms with Crippen LogP contribution in [0.5, 0.6) is 5.75 Å². The second-order valence-electron chi connectivity index (χ2n) is 7.87. The van der Waals surface area contributed by atoms with Crippen molar-refractivity contribution in [2.45, 2.75) is 40.0 Å². The van der Waals surface area contributed by atoms with Crippen LogP contribution in [-0.4, -0.2) is 13.3 Å². The van der Waals surface area contributed by atoms with Crippen molar-refractivity contribution in [2.75, 3.05) is 7.11 Å². The van der Waals surface area contributed by atoms with E-state index in [1.165, 1.54) is 10.4 Å². The zero-order valence-corrected chi connectivity index (χ0v) is 19.9. The third-order valence-electron chi connectivity index (χ3n) is 5.15. The zero-order valence-electron chi connectivity index (χ0n) is 15.9. The highest BCUT2D eigenvalue weighted by molar-refractivity contribution is 9.11. The van der Waals surface area contributed by atoms with E-state index in [4.69, 9.17) is 4.74 Å². The average molecular weight is 510 g/mol. The minimum absolute atomic E-state index is 0.286. The molecule has 1 aromatic carbocycles. The lowest BCUT2D eigenvalue weighted by atomic mass is 9.72. The molecule has 0 saturated heterocycles. The Hall–Kier alpha value is -1.16. The molecular formula is C21H22Br2N2OS. The lowest BCUT2D eigenvalue weighted by Gasteiger charge is -2.33. The Morgan fingerprint density at radius 1 is 1.33 bits per heavy atom. The van der Waals surface area contributed by atoms with Gasteiger partial charge < -0.3 is 4.74 Å². The summed E-state index contributed by atoms with van der Waals surface area (Å²) in [5.41, 5.74) is 3.10. The second-order valence-corrected chi connectivity index (χ2v) is 10.7. The summed E-state index contributed by atoms with van der Waals surface area (Å²) in [7, 11) is 1.64. The minimum Gasteiger partial charge on any atom is -0.495 e. The van der Waals surface area contributed by atoms with Crippen LogP contribution in [0, 0.1) is 22.7 Å². The molecule has 142 valence electrons. The molecule has 1 aliphatic carbocycles. The number of fused-ring (bicyclic) bond motifs is 1. The van der Waals surface area contributed by atoms with Crippen molar-refractivity contribution in [3.63, 3.8) is 0 Å². The smallest absolute Gasteiger partial charge is 0.141 e. The summed E-state index contributed by atoms with van der Waals surface area (Å²) in [6, 6.07) is 6.29. The first-order chi connectivity index (χ1) is 12.7. The molecule has 0 spiro atoms. The Bertz CT molecular complexity index is 935. The minimum atomic E-state index is 0.286. The van der Waals surface area contributed by atoms with Crippen molar-refractivity contribution in [3.05, 3.63) is 42.6 Å². The number of benzene rings is 1. The van der Waals surface area contributed by atoms with Crippen LogP contribution in [0.3, 0.4) is 0 Å². The zero-order chi connectivity index (χ0) is 19.8. The molecule has 0 radical (unpaired) electrons. The summed E-state index contributed by atoms with van der Waals surface area (Å²) < 4.78 is 7.29. The number of nitriles is 1. The van der Waals surface area contributed by atoms with Gasteiger partial charge in [-0.25, -0.2) is 4.99 Å². The number of hydrogen-bond donors (Lipinski definition) is 0. The van der Waals surface area contributed by atoms with Crippen molar-refractivity contribution < 1.29 is 4.74 Å². The quantitative estimate of drug-likeness (QED) is 0.416. The molecule has 1 heterocycles. The maximum atomic E-state index is 9.72. The van der Waals surface area contributed by atoms with Crippen molar-refractivity contribution in [1.29, 1.82) is 5.26 Å². The Morgan fingerprint density at radius 2 is 2.07 bits per heavy atom. The molecule has 0 bridgehead atoms. The Balaban J connectivity index is 1.97. The summed E-state index contributed by atoms with van der Waals surface area (Å²) in [5.74, 6) is 1.38. The average Bonchev–Trinajstić information content (AvgIpc) is 2.95. The first kappa shape index (κ1) is 20.6. The number of aliphatic imine (C=N–C) groups is 1. The maximum Gasteiger partial charge on any atom is 0.141 e. The highest BCUT2D eigenvalue weighted by Crippen LogP contribution is 2.45. The van der Waals surface area contributed by atoms with E-state index >= 15 is 0 Å². The monoisotopic (exact) mass is 508 g/mol. The van der Waals surface area contributed by atoms with Crippen LogP contribution in [0.4, 0.5) is 5.00 Å². The molecule has 3 nitrogen and oxygen atoms in total. The van der Waals surface area contributed by atoms with E-state index in [1.807, 2.05) is 12.1 Å². The lowest BCUT2D eigenvalue weighted by molar-refractivity contribution is 0.218. The largest absolute Gasteiger partial charge is 0.495 e. The molecule has 0 saturated carbocycles. The van der Waals surface area contributed by atoms with E-state index in [2.05, 4.69) is 63.7 Å². The van der Waals surface area contributed by atoms with Crippen molar-refractivity contribution in [2.24, 2.45) is 16.3 Å². The number of hydrogen-bond acceptors (Lipinski definition) is 4. The van der Waals surface area contributed by atoms with Crippen LogP contribution in [0.2, 0.25) is 0 Å². The van der Waals surface area contributed by atoms with Gasteiger partial charge in [0.25, 0.3) is 0 Å². The van der Waals surface area contributed by atoms with Crippen LogP contribution in [0.1, 0.15) is 48.8 Å². The van der Waals surface area contributed by atoms with Crippen LogP contribution >= 0.6 is 43.2 Å². The third-order valence-corrected chi connectivity index (χ3v) is 7.35. The summed E-state index contributed by atoms with van der Waals surface area (Å²) in [6.45, 7) is 6.91. The number of halogens is 2.